The molecule has 0 fully saturated rings. The zero-order valence-corrected chi connectivity index (χ0v) is 12.8. The number of hydrogen-bond donors (Lipinski definition) is 1. The molecule has 106 valence electrons. The van der Waals surface area contributed by atoms with E-state index < -0.39 is 0 Å². The van der Waals surface area contributed by atoms with Gasteiger partial charge in [0.2, 0.25) is 0 Å². The molecule has 4 nitrogen and oxygen atoms in total. The van der Waals surface area contributed by atoms with Gasteiger partial charge in [-0.2, -0.15) is 0 Å². The number of nitrogens with one attached hydrogen (secondary N) is 1. The zero-order valence-electron chi connectivity index (χ0n) is 12.0. The first kappa shape index (κ1) is 14.5. The Labute approximate surface area is 123 Å². The highest BCUT2D eigenvalue weighted by atomic mass is 32.1. The maximum Gasteiger partial charge on any atom is 0.321 e. The summed E-state index contributed by atoms with van der Waals surface area (Å²) in [6, 6.07) is 7.79. The fraction of sp³-hybridized carbons (Fsp3) is 0.333. The second kappa shape index (κ2) is 6.52. The Morgan fingerprint density at radius 1 is 1.45 bits per heavy atom. The van der Waals surface area contributed by atoms with Gasteiger partial charge >= 0.3 is 6.03 Å². The van der Waals surface area contributed by atoms with E-state index in [0.717, 1.165) is 22.8 Å². The summed E-state index contributed by atoms with van der Waals surface area (Å²) >= 11 is 1.60. The molecule has 0 atom stereocenters. The van der Waals surface area contributed by atoms with Crippen LogP contribution in [0.25, 0.3) is 0 Å². The van der Waals surface area contributed by atoms with Crippen LogP contribution >= 0.6 is 11.3 Å². The first-order valence-electron chi connectivity index (χ1n) is 6.60. The van der Waals surface area contributed by atoms with Gasteiger partial charge in [-0.25, -0.2) is 9.78 Å². The third kappa shape index (κ3) is 3.81. The number of amides is 2. The molecule has 0 aliphatic rings. The summed E-state index contributed by atoms with van der Waals surface area (Å²) in [6.45, 7) is 4.58. The first-order chi connectivity index (χ1) is 9.58. The van der Waals surface area contributed by atoms with E-state index in [1.807, 2.05) is 30.5 Å². The number of aromatic nitrogens is 1. The van der Waals surface area contributed by atoms with Crippen molar-refractivity contribution >= 4 is 23.1 Å². The fourth-order valence-electron chi connectivity index (χ4n) is 1.88. The number of rotatable bonds is 4. The van der Waals surface area contributed by atoms with E-state index in [1.54, 1.807) is 23.3 Å². The zero-order chi connectivity index (χ0) is 14.5. The lowest BCUT2D eigenvalue weighted by Gasteiger charge is -2.17. The molecule has 1 aromatic heterocycles. The average molecular weight is 289 g/mol. The van der Waals surface area contributed by atoms with Gasteiger partial charge in [0, 0.05) is 18.1 Å². The van der Waals surface area contributed by atoms with Gasteiger partial charge in [-0.05, 0) is 31.0 Å². The molecule has 1 aromatic carbocycles. The number of urea groups is 1. The molecule has 2 amide bonds. The fourth-order valence-corrected chi connectivity index (χ4v) is 2.49. The molecule has 0 unspecified atom stereocenters. The summed E-state index contributed by atoms with van der Waals surface area (Å²) in [5.74, 6) is 0. The minimum absolute atomic E-state index is 0.121. The number of hydrogen-bond acceptors (Lipinski definition) is 3. The molecule has 20 heavy (non-hydrogen) atoms. The highest BCUT2D eigenvalue weighted by molar-refractivity contribution is 7.09. The molecule has 2 rings (SSSR count). The quantitative estimate of drug-likeness (QED) is 0.933. The van der Waals surface area contributed by atoms with Crippen LogP contribution in [0.1, 0.15) is 23.2 Å². The lowest BCUT2D eigenvalue weighted by atomic mass is 10.1. The van der Waals surface area contributed by atoms with Crippen LogP contribution in [0.5, 0.6) is 0 Å². The number of nitrogens with zero attached hydrogens (tertiary/aromatic N) is 2. The Bertz CT molecular complexity index is 594. The number of thiazole rings is 1. The summed E-state index contributed by atoms with van der Waals surface area (Å²) in [6.07, 6.45) is 0.956. The number of carbonyl (C=O) groups excluding carboxylic acids is 1. The Balaban J connectivity index is 1.96. The van der Waals surface area contributed by atoms with Crippen molar-refractivity contribution in [2.45, 2.75) is 26.8 Å². The van der Waals surface area contributed by atoms with Crippen LogP contribution < -0.4 is 5.32 Å². The van der Waals surface area contributed by atoms with Crippen LogP contribution in [0.2, 0.25) is 0 Å². The maximum atomic E-state index is 12.1. The van der Waals surface area contributed by atoms with Crippen LogP contribution in [-0.2, 0) is 13.0 Å². The predicted molar refractivity (Wildman–Crippen MR) is 83.2 cm³/mol. The van der Waals surface area contributed by atoms with E-state index in [-0.39, 0.29) is 6.03 Å². The smallest absolute Gasteiger partial charge is 0.321 e. The predicted octanol–water partition coefficient (Wildman–Crippen LogP) is 3.68. The van der Waals surface area contributed by atoms with E-state index in [2.05, 4.69) is 23.3 Å². The van der Waals surface area contributed by atoms with Gasteiger partial charge < -0.3 is 10.2 Å². The third-order valence-corrected chi connectivity index (χ3v) is 3.82. The normalized spacial score (nSPS) is 10.3. The number of benzene rings is 1. The van der Waals surface area contributed by atoms with Crippen molar-refractivity contribution in [1.82, 2.24) is 9.88 Å². The number of carbonyl (C=O) groups is 1. The molecule has 0 aliphatic carbocycles. The molecule has 2 aromatic rings. The molecule has 5 heteroatoms. The SMILES string of the molecule is CCc1cccc(NC(=O)N(C)Cc2csc(C)n2)c1. The van der Waals surface area contributed by atoms with Crippen molar-refractivity contribution in [3.63, 3.8) is 0 Å². The lowest BCUT2D eigenvalue weighted by Crippen LogP contribution is -2.30. The van der Waals surface area contributed by atoms with Crippen LogP contribution in [0.3, 0.4) is 0 Å². The molecule has 0 aliphatic heterocycles. The van der Waals surface area contributed by atoms with Crippen LogP contribution in [0.15, 0.2) is 29.6 Å². The van der Waals surface area contributed by atoms with Gasteiger partial charge in [-0.1, -0.05) is 19.1 Å². The van der Waals surface area contributed by atoms with E-state index in [9.17, 15) is 4.79 Å². The molecule has 1 N–H and O–H groups in total. The molecular formula is C15H19N3OS. The van der Waals surface area contributed by atoms with Crippen LogP contribution in [-0.4, -0.2) is 23.0 Å². The second-order valence-corrected chi connectivity index (χ2v) is 5.76. The topological polar surface area (TPSA) is 45.2 Å². The van der Waals surface area contributed by atoms with Crippen molar-refractivity contribution in [2.75, 3.05) is 12.4 Å². The highest BCUT2D eigenvalue weighted by Gasteiger charge is 2.11. The van der Waals surface area contributed by atoms with Crippen molar-refractivity contribution in [1.29, 1.82) is 0 Å². The molecule has 0 saturated heterocycles. The van der Waals surface area contributed by atoms with E-state index in [0.29, 0.717) is 6.54 Å². The van der Waals surface area contributed by atoms with Crippen molar-refractivity contribution in [2.24, 2.45) is 0 Å². The van der Waals surface area contributed by atoms with Gasteiger partial charge in [-0.3, -0.25) is 0 Å². The third-order valence-electron chi connectivity index (χ3n) is 3.00. The van der Waals surface area contributed by atoms with Gasteiger partial charge in [0.25, 0.3) is 0 Å². The molecular weight excluding hydrogens is 270 g/mol. The second-order valence-electron chi connectivity index (χ2n) is 4.70. The Morgan fingerprint density at radius 2 is 2.25 bits per heavy atom. The Hall–Kier alpha value is -1.88. The maximum absolute atomic E-state index is 12.1. The lowest BCUT2D eigenvalue weighted by molar-refractivity contribution is 0.220. The van der Waals surface area contributed by atoms with Gasteiger partial charge in [0.1, 0.15) is 0 Å². The Kier molecular flexibility index (Phi) is 4.74. The van der Waals surface area contributed by atoms with E-state index in [4.69, 9.17) is 0 Å². The van der Waals surface area contributed by atoms with Gasteiger partial charge in [0.15, 0.2) is 0 Å². The van der Waals surface area contributed by atoms with Gasteiger partial charge in [0.05, 0.1) is 17.2 Å². The molecule has 0 saturated carbocycles. The van der Waals surface area contributed by atoms with Crippen LogP contribution in [0, 0.1) is 6.92 Å². The van der Waals surface area contributed by atoms with E-state index in [1.165, 1.54) is 5.56 Å². The minimum atomic E-state index is -0.121. The molecule has 0 radical (unpaired) electrons. The summed E-state index contributed by atoms with van der Waals surface area (Å²) in [5.41, 5.74) is 2.96. The van der Waals surface area contributed by atoms with Crippen molar-refractivity contribution < 1.29 is 4.79 Å². The van der Waals surface area contributed by atoms with Crippen LogP contribution in [0.4, 0.5) is 10.5 Å². The average Bonchev–Trinajstić information content (AvgIpc) is 2.84. The highest BCUT2D eigenvalue weighted by Crippen LogP contribution is 2.13. The summed E-state index contributed by atoms with van der Waals surface area (Å²) in [7, 11) is 1.77. The monoisotopic (exact) mass is 289 g/mol. The Morgan fingerprint density at radius 3 is 2.90 bits per heavy atom. The van der Waals surface area contributed by atoms with E-state index >= 15 is 0 Å². The number of aryl methyl sites for hydroxylation is 2. The molecule has 0 bridgehead atoms. The summed E-state index contributed by atoms with van der Waals surface area (Å²) in [4.78, 5) is 18.1. The molecule has 1 heterocycles. The first-order valence-corrected chi connectivity index (χ1v) is 7.48. The summed E-state index contributed by atoms with van der Waals surface area (Å²) < 4.78 is 0. The van der Waals surface area contributed by atoms with Crippen molar-refractivity contribution in [3.05, 3.63) is 45.9 Å². The number of anilines is 1. The standard InChI is InChI=1S/C15H19N3OS/c1-4-12-6-5-7-13(8-12)17-15(19)18(3)9-14-10-20-11(2)16-14/h5-8,10H,4,9H2,1-3H3,(H,17,19). The largest absolute Gasteiger partial charge is 0.322 e. The summed E-state index contributed by atoms with van der Waals surface area (Å²) in [5, 5.41) is 5.91. The minimum Gasteiger partial charge on any atom is -0.322 e. The van der Waals surface area contributed by atoms with Crippen molar-refractivity contribution in [3.8, 4) is 0 Å². The van der Waals surface area contributed by atoms with Gasteiger partial charge in [-0.15, -0.1) is 11.3 Å². The molecule has 0 spiro atoms.